The summed E-state index contributed by atoms with van der Waals surface area (Å²) in [5, 5.41) is 17.6. The highest BCUT2D eigenvalue weighted by atomic mass is 32.2. The highest BCUT2D eigenvalue weighted by molar-refractivity contribution is 8.00. The summed E-state index contributed by atoms with van der Waals surface area (Å²) >= 11 is 2.70. The van der Waals surface area contributed by atoms with E-state index in [0.29, 0.717) is 22.8 Å². The highest BCUT2D eigenvalue weighted by Crippen LogP contribution is 2.30. The molecule has 0 bridgehead atoms. The topological polar surface area (TPSA) is 98.0 Å². The summed E-state index contributed by atoms with van der Waals surface area (Å²) in [7, 11) is 0. The molecule has 0 aliphatic carbocycles. The maximum Gasteiger partial charge on any atom is 0.270 e. The standard InChI is InChI=1S/C22H18N4O3S2/c1-2-19(31-20-11-10-14-6-3-4-9-17(14)23-20)21(27)25-22-24-18(13-30-22)15-7-5-8-16(12-15)26(28)29/h3-13,19H,2H2,1H3,(H,24,25,27). The predicted octanol–water partition coefficient (Wildman–Crippen LogP) is 5.78. The van der Waals surface area contributed by atoms with Gasteiger partial charge in [-0.05, 0) is 18.6 Å². The number of anilines is 1. The molecule has 0 saturated carbocycles. The average molecular weight is 451 g/mol. The van der Waals surface area contributed by atoms with Gasteiger partial charge in [0, 0.05) is 28.5 Å². The Morgan fingerprint density at radius 2 is 2.00 bits per heavy atom. The molecule has 0 saturated heterocycles. The molecule has 1 amide bonds. The lowest BCUT2D eigenvalue weighted by atomic mass is 10.1. The number of carbonyl (C=O) groups excluding carboxylic acids is 1. The molecule has 2 aromatic heterocycles. The lowest BCUT2D eigenvalue weighted by Crippen LogP contribution is -2.24. The number of para-hydroxylation sites is 1. The van der Waals surface area contributed by atoms with Gasteiger partial charge < -0.3 is 5.32 Å². The predicted molar refractivity (Wildman–Crippen MR) is 125 cm³/mol. The van der Waals surface area contributed by atoms with Crippen molar-refractivity contribution in [3.05, 3.63) is 76.2 Å². The van der Waals surface area contributed by atoms with Crippen LogP contribution in [-0.2, 0) is 4.79 Å². The first-order chi connectivity index (χ1) is 15.0. The van der Waals surface area contributed by atoms with E-state index in [-0.39, 0.29) is 16.8 Å². The minimum atomic E-state index is -0.442. The molecule has 1 N–H and O–H groups in total. The van der Waals surface area contributed by atoms with E-state index < -0.39 is 4.92 Å². The second-order valence-electron chi connectivity index (χ2n) is 6.69. The largest absolute Gasteiger partial charge is 0.301 e. The lowest BCUT2D eigenvalue weighted by molar-refractivity contribution is -0.384. The number of amides is 1. The van der Waals surface area contributed by atoms with Crippen molar-refractivity contribution in [1.82, 2.24) is 9.97 Å². The molecule has 9 heteroatoms. The molecular weight excluding hydrogens is 432 g/mol. The van der Waals surface area contributed by atoms with Crippen LogP contribution in [0.1, 0.15) is 13.3 Å². The van der Waals surface area contributed by atoms with Gasteiger partial charge in [-0.1, -0.05) is 55.1 Å². The Hall–Kier alpha value is -3.30. The smallest absolute Gasteiger partial charge is 0.270 e. The minimum absolute atomic E-state index is 0.00131. The SMILES string of the molecule is CCC(Sc1ccc2ccccc2n1)C(=O)Nc1nc(-c2cccc([N+](=O)[O-])c2)cs1. The van der Waals surface area contributed by atoms with E-state index in [1.165, 1.54) is 35.2 Å². The quantitative estimate of drug-likeness (QED) is 0.218. The Morgan fingerprint density at radius 3 is 2.81 bits per heavy atom. The Morgan fingerprint density at radius 1 is 1.16 bits per heavy atom. The van der Waals surface area contributed by atoms with Gasteiger partial charge in [-0.25, -0.2) is 9.97 Å². The van der Waals surface area contributed by atoms with Gasteiger partial charge in [0.25, 0.3) is 5.69 Å². The number of aromatic nitrogens is 2. The summed E-state index contributed by atoms with van der Waals surface area (Å²) in [6.07, 6.45) is 0.633. The molecule has 0 spiro atoms. The van der Waals surface area contributed by atoms with Crippen LogP contribution in [-0.4, -0.2) is 26.0 Å². The van der Waals surface area contributed by atoms with Gasteiger partial charge >= 0.3 is 0 Å². The van der Waals surface area contributed by atoms with Crippen LogP contribution in [0.2, 0.25) is 0 Å². The number of hydrogen-bond donors (Lipinski definition) is 1. The zero-order valence-electron chi connectivity index (χ0n) is 16.5. The van der Waals surface area contributed by atoms with E-state index >= 15 is 0 Å². The third kappa shape index (κ3) is 4.89. The van der Waals surface area contributed by atoms with Crippen molar-refractivity contribution in [3.63, 3.8) is 0 Å². The number of hydrogen-bond acceptors (Lipinski definition) is 7. The lowest BCUT2D eigenvalue weighted by Gasteiger charge is -2.13. The van der Waals surface area contributed by atoms with Crippen LogP contribution in [0.25, 0.3) is 22.2 Å². The molecular formula is C22H18N4O3S2. The number of pyridine rings is 1. The molecule has 4 aromatic rings. The van der Waals surface area contributed by atoms with Gasteiger partial charge in [-0.15, -0.1) is 11.3 Å². The minimum Gasteiger partial charge on any atom is -0.301 e. The van der Waals surface area contributed by atoms with Gasteiger partial charge in [0.05, 0.1) is 26.4 Å². The van der Waals surface area contributed by atoms with Gasteiger partial charge in [-0.2, -0.15) is 0 Å². The number of nitrogens with one attached hydrogen (secondary N) is 1. The Bertz CT molecular complexity index is 1260. The van der Waals surface area contributed by atoms with E-state index in [1.807, 2.05) is 43.3 Å². The number of fused-ring (bicyclic) bond motifs is 1. The number of non-ortho nitro benzene ring substituents is 1. The summed E-state index contributed by atoms with van der Waals surface area (Å²) in [5.74, 6) is -0.151. The van der Waals surface area contributed by atoms with Crippen LogP contribution >= 0.6 is 23.1 Å². The molecule has 0 fully saturated rings. The van der Waals surface area contributed by atoms with E-state index in [9.17, 15) is 14.9 Å². The first kappa shape index (κ1) is 21.0. The molecule has 31 heavy (non-hydrogen) atoms. The van der Waals surface area contributed by atoms with Crippen molar-refractivity contribution < 1.29 is 9.72 Å². The first-order valence-corrected chi connectivity index (χ1v) is 11.3. The fourth-order valence-corrected chi connectivity index (χ4v) is 4.65. The number of rotatable bonds is 7. The number of nitrogens with zero attached hydrogens (tertiary/aromatic N) is 3. The van der Waals surface area contributed by atoms with Gasteiger partial charge in [0.15, 0.2) is 5.13 Å². The van der Waals surface area contributed by atoms with Crippen LogP contribution in [0, 0.1) is 10.1 Å². The summed E-state index contributed by atoms with van der Waals surface area (Å²) in [6.45, 7) is 1.95. The molecule has 2 heterocycles. The molecule has 0 aliphatic rings. The number of thioether (sulfide) groups is 1. The highest BCUT2D eigenvalue weighted by Gasteiger charge is 2.20. The maximum absolute atomic E-state index is 12.8. The van der Waals surface area contributed by atoms with Crippen LogP contribution in [0.4, 0.5) is 10.8 Å². The van der Waals surface area contributed by atoms with Gasteiger partial charge in [-0.3, -0.25) is 14.9 Å². The van der Waals surface area contributed by atoms with Crippen molar-refractivity contribution in [1.29, 1.82) is 0 Å². The zero-order valence-corrected chi connectivity index (χ0v) is 18.2. The summed E-state index contributed by atoms with van der Waals surface area (Å²) in [6, 6.07) is 18.1. The first-order valence-electron chi connectivity index (χ1n) is 9.57. The van der Waals surface area contributed by atoms with Crippen LogP contribution in [0.15, 0.2) is 71.1 Å². The van der Waals surface area contributed by atoms with E-state index in [1.54, 1.807) is 17.5 Å². The third-order valence-corrected chi connectivity index (χ3v) is 6.64. The normalized spacial score (nSPS) is 11.9. The van der Waals surface area contributed by atoms with Crippen LogP contribution in [0.5, 0.6) is 0 Å². The Labute approximate surface area is 186 Å². The fourth-order valence-electron chi connectivity index (χ4n) is 3.01. The van der Waals surface area contributed by atoms with E-state index in [2.05, 4.69) is 15.3 Å². The Balaban J connectivity index is 1.46. The fraction of sp³-hybridized carbons (Fsp3) is 0.136. The molecule has 2 aromatic carbocycles. The van der Waals surface area contributed by atoms with Crippen molar-refractivity contribution in [3.8, 4) is 11.3 Å². The monoisotopic (exact) mass is 450 g/mol. The summed E-state index contributed by atoms with van der Waals surface area (Å²) in [4.78, 5) is 32.4. The molecule has 156 valence electrons. The number of benzene rings is 2. The van der Waals surface area contributed by atoms with Crippen molar-refractivity contribution in [2.24, 2.45) is 0 Å². The van der Waals surface area contributed by atoms with E-state index in [4.69, 9.17) is 0 Å². The molecule has 0 aliphatic heterocycles. The maximum atomic E-state index is 12.8. The number of nitro groups is 1. The average Bonchev–Trinajstić information content (AvgIpc) is 3.25. The van der Waals surface area contributed by atoms with Crippen LogP contribution < -0.4 is 5.32 Å². The van der Waals surface area contributed by atoms with Gasteiger partial charge in [0.1, 0.15) is 0 Å². The molecule has 1 unspecified atom stereocenters. The number of thiazole rings is 1. The Kier molecular flexibility index (Phi) is 6.24. The molecule has 1 atom stereocenters. The van der Waals surface area contributed by atoms with Crippen LogP contribution in [0.3, 0.4) is 0 Å². The van der Waals surface area contributed by atoms with E-state index in [0.717, 1.165) is 15.9 Å². The third-order valence-electron chi connectivity index (χ3n) is 4.59. The molecule has 4 rings (SSSR count). The molecule has 7 nitrogen and oxygen atoms in total. The van der Waals surface area contributed by atoms with Crippen molar-refractivity contribution in [2.75, 3.05) is 5.32 Å². The second kappa shape index (κ2) is 9.23. The second-order valence-corrected chi connectivity index (χ2v) is 8.77. The summed E-state index contributed by atoms with van der Waals surface area (Å²) in [5.41, 5.74) is 2.11. The number of carbonyl (C=O) groups is 1. The van der Waals surface area contributed by atoms with Crippen molar-refractivity contribution >= 4 is 50.7 Å². The zero-order chi connectivity index (χ0) is 21.8. The number of nitro benzene ring substituents is 1. The summed E-state index contributed by atoms with van der Waals surface area (Å²) < 4.78 is 0. The van der Waals surface area contributed by atoms with Crippen molar-refractivity contribution in [2.45, 2.75) is 23.6 Å². The molecule has 0 radical (unpaired) electrons. The van der Waals surface area contributed by atoms with Gasteiger partial charge in [0.2, 0.25) is 5.91 Å².